The largest absolute Gasteiger partial charge is 0.480 e. The maximum Gasteiger partial charge on any atom is 0.323 e. The molecular formula is C16H17NO3S. The van der Waals surface area contributed by atoms with Crippen molar-refractivity contribution in [3.8, 4) is 0 Å². The Morgan fingerprint density at radius 3 is 2.62 bits per heavy atom. The van der Waals surface area contributed by atoms with Crippen LogP contribution in [0.25, 0.3) is 10.1 Å². The highest BCUT2D eigenvalue weighted by Gasteiger charge is 2.29. The van der Waals surface area contributed by atoms with Gasteiger partial charge in [0, 0.05) is 10.7 Å². The summed E-state index contributed by atoms with van der Waals surface area (Å²) in [4.78, 5) is 26.0. The van der Waals surface area contributed by atoms with Crippen LogP contribution < -0.4 is 0 Å². The van der Waals surface area contributed by atoms with Crippen molar-refractivity contribution in [2.75, 3.05) is 6.54 Å². The highest BCUT2D eigenvalue weighted by atomic mass is 32.1. The molecule has 5 heteroatoms. The zero-order chi connectivity index (χ0) is 14.8. The molecule has 1 aromatic carbocycles. The van der Waals surface area contributed by atoms with E-state index < -0.39 is 5.97 Å². The lowest BCUT2D eigenvalue weighted by Crippen LogP contribution is -2.41. The summed E-state index contributed by atoms with van der Waals surface area (Å²) < 4.78 is 1.06. The number of carboxylic acids is 1. The van der Waals surface area contributed by atoms with E-state index in [9.17, 15) is 9.59 Å². The number of carbonyl (C=O) groups excluding carboxylic acids is 1. The molecule has 3 rings (SSSR count). The quantitative estimate of drug-likeness (QED) is 0.942. The normalized spacial score (nSPS) is 15.4. The number of hydrogen-bond acceptors (Lipinski definition) is 3. The van der Waals surface area contributed by atoms with Crippen molar-refractivity contribution >= 4 is 33.3 Å². The summed E-state index contributed by atoms with van der Waals surface area (Å²) in [6.07, 6.45) is 3.95. The van der Waals surface area contributed by atoms with Crippen molar-refractivity contribution in [3.63, 3.8) is 0 Å². The van der Waals surface area contributed by atoms with Gasteiger partial charge in [-0.2, -0.15) is 0 Å². The van der Waals surface area contributed by atoms with E-state index in [0.29, 0.717) is 4.88 Å². The van der Waals surface area contributed by atoms with Crippen molar-refractivity contribution in [1.82, 2.24) is 4.90 Å². The van der Waals surface area contributed by atoms with Crippen LogP contribution in [-0.2, 0) is 4.79 Å². The molecule has 1 heterocycles. The van der Waals surface area contributed by atoms with E-state index in [4.69, 9.17) is 5.11 Å². The minimum Gasteiger partial charge on any atom is -0.480 e. The first-order valence-corrected chi connectivity index (χ1v) is 7.98. The van der Waals surface area contributed by atoms with Crippen LogP contribution in [0.1, 0.15) is 35.4 Å². The molecular weight excluding hydrogens is 286 g/mol. The Morgan fingerprint density at radius 2 is 1.95 bits per heavy atom. The molecule has 2 aromatic rings. The lowest BCUT2D eigenvalue weighted by Gasteiger charge is -2.26. The van der Waals surface area contributed by atoms with Crippen LogP contribution in [0.2, 0.25) is 0 Å². The van der Waals surface area contributed by atoms with Gasteiger partial charge in [-0.25, -0.2) is 0 Å². The number of rotatable bonds is 4. The summed E-state index contributed by atoms with van der Waals surface area (Å²) >= 11 is 1.44. The van der Waals surface area contributed by atoms with Crippen LogP contribution in [0, 0.1) is 0 Å². The van der Waals surface area contributed by atoms with Crippen LogP contribution in [0.15, 0.2) is 30.3 Å². The summed E-state index contributed by atoms with van der Waals surface area (Å²) in [5.74, 6) is -1.10. The predicted molar refractivity (Wildman–Crippen MR) is 82.8 cm³/mol. The van der Waals surface area contributed by atoms with Crippen molar-refractivity contribution in [2.45, 2.75) is 31.7 Å². The van der Waals surface area contributed by atoms with Gasteiger partial charge in [0.1, 0.15) is 6.54 Å². The summed E-state index contributed by atoms with van der Waals surface area (Å²) in [6.45, 7) is -0.211. The molecule has 0 bridgehead atoms. The molecule has 1 saturated carbocycles. The summed E-state index contributed by atoms with van der Waals surface area (Å²) in [5.41, 5.74) is 0. The van der Waals surface area contributed by atoms with Crippen molar-refractivity contribution in [3.05, 3.63) is 35.2 Å². The third-order valence-corrected chi connectivity index (χ3v) is 5.07. The Kier molecular flexibility index (Phi) is 3.92. The van der Waals surface area contributed by atoms with Gasteiger partial charge in [0.05, 0.1) is 4.88 Å². The Balaban J connectivity index is 1.90. The van der Waals surface area contributed by atoms with E-state index >= 15 is 0 Å². The van der Waals surface area contributed by atoms with Crippen LogP contribution in [0.4, 0.5) is 0 Å². The molecule has 0 spiro atoms. The molecule has 0 aliphatic heterocycles. The van der Waals surface area contributed by atoms with Gasteiger partial charge in [-0.05, 0) is 30.4 Å². The fraction of sp³-hybridized carbons (Fsp3) is 0.375. The SMILES string of the molecule is O=C(O)CN(C(=O)c1cc2ccccc2s1)C1CCCC1. The standard InChI is InChI=1S/C16H17NO3S/c18-15(19)10-17(12-6-2-3-7-12)16(20)14-9-11-5-1-4-8-13(11)21-14/h1,4-5,8-9,12H,2-3,6-7,10H2,(H,18,19). The summed E-state index contributed by atoms with van der Waals surface area (Å²) in [5, 5.41) is 10.1. The lowest BCUT2D eigenvalue weighted by molar-refractivity contribution is -0.138. The van der Waals surface area contributed by atoms with Gasteiger partial charge in [-0.3, -0.25) is 9.59 Å². The molecule has 0 radical (unpaired) electrons. The van der Waals surface area contributed by atoms with Crippen molar-refractivity contribution in [2.24, 2.45) is 0 Å². The van der Waals surface area contributed by atoms with E-state index in [1.54, 1.807) is 4.90 Å². The van der Waals surface area contributed by atoms with E-state index in [0.717, 1.165) is 35.8 Å². The smallest absolute Gasteiger partial charge is 0.323 e. The zero-order valence-electron chi connectivity index (χ0n) is 11.6. The van der Waals surface area contributed by atoms with Gasteiger partial charge < -0.3 is 10.0 Å². The van der Waals surface area contributed by atoms with Gasteiger partial charge in [-0.15, -0.1) is 11.3 Å². The molecule has 1 aromatic heterocycles. The second-order valence-electron chi connectivity index (χ2n) is 5.41. The number of carbonyl (C=O) groups is 2. The second kappa shape index (κ2) is 5.85. The van der Waals surface area contributed by atoms with Gasteiger partial charge >= 0.3 is 5.97 Å². The molecule has 1 fully saturated rings. The third kappa shape index (κ3) is 2.93. The van der Waals surface area contributed by atoms with Gasteiger partial charge in [0.15, 0.2) is 0 Å². The molecule has 110 valence electrons. The average Bonchev–Trinajstić information content (AvgIpc) is 3.12. The molecule has 1 amide bonds. The Labute approximate surface area is 127 Å². The molecule has 4 nitrogen and oxygen atoms in total. The van der Waals surface area contributed by atoms with E-state index in [1.807, 2.05) is 30.3 Å². The maximum absolute atomic E-state index is 12.7. The molecule has 1 aliphatic carbocycles. The Bertz CT molecular complexity index is 640. The van der Waals surface area contributed by atoms with Crippen molar-refractivity contribution < 1.29 is 14.7 Å². The molecule has 0 unspecified atom stereocenters. The molecule has 1 aliphatic rings. The lowest BCUT2D eigenvalue weighted by atomic mass is 10.2. The number of aliphatic carboxylic acids is 1. The molecule has 0 atom stereocenters. The number of fused-ring (bicyclic) bond motifs is 1. The van der Waals surface area contributed by atoms with E-state index in [2.05, 4.69) is 0 Å². The fourth-order valence-corrected chi connectivity index (χ4v) is 3.98. The number of carboxylic acid groups (broad SMARTS) is 1. The Hall–Kier alpha value is -1.88. The first-order chi connectivity index (χ1) is 10.1. The maximum atomic E-state index is 12.7. The first-order valence-electron chi connectivity index (χ1n) is 7.16. The number of hydrogen-bond donors (Lipinski definition) is 1. The Morgan fingerprint density at radius 1 is 1.24 bits per heavy atom. The number of nitrogens with zero attached hydrogens (tertiary/aromatic N) is 1. The fourth-order valence-electron chi connectivity index (χ4n) is 2.96. The van der Waals surface area contributed by atoms with Crippen molar-refractivity contribution in [1.29, 1.82) is 0 Å². The molecule has 1 N–H and O–H groups in total. The van der Waals surface area contributed by atoms with Crippen LogP contribution in [0.5, 0.6) is 0 Å². The van der Waals surface area contributed by atoms with Crippen LogP contribution in [0.3, 0.4) is 0 Å². The zero-order valence-corrected chi connectivity index (χ0v) is 12.4. The number of amides is 1. The average molecular weight is 303 g/mol. The highest BCUT2D eigenvalue weighted by Crippen LogP contribution is 2.29. The van der Waals surface area contributed by atoms with Crippen LogP contribution in [-0.4, -0.2) is 34.5 Å². The summed E-state index contributed by atoms with van der Waals surface area (Å²) in [6, 6.07) is 9.77. The minimum atomic E-state index is -0.948. The monoisotopic (exact) mass is 303 g/mol. The third-order valence-electron chi connectivity index (χ3n) is 3.97. The van der Waals surface area contributed by atoms with Gasteiger partial charge in [0.25, 0.3) is 5.91 Å². The number of benzene rings is 1. The van der Waals surface area contributed by atoms with E-state index in [-0.39, 0.29) is 18.5 Å². The van der Waals surface area contributed by atoms with Crippen LogP contribution >= 0.6 is 11.3 Å². The number of thiophene rings is 1. The summed E-state index contributed by atoms with van der Waals surface area (Å²) in [7, 11) is 0. The minimum absolute atomic E-state index is 0.0683. The molecule has 0 saturated heterocycles. The first kappa shape index (κ1) is 14.1. The topological polar surface area (TPSA) is 57.6 Å². The molecule has 21 heavy (non-hydrogen) atoms. The predicted octanol–water partition coefficient (Wildman–Crippen LogP) is 3.37. The van der Waals surface area contributed by atoms with Gasteiger partial charge in [-0.1, -0.05) is 31.0 Å². The highest BCUT2D eigenvalue weighted by molar-refractivity contribution is 7.20. The van der Waals surface area contributed by atoms with Gasteiger partial charge in [0.2, 0.25) is 0 Å². The van der Waals surface area contributed by atoms with E-state index in [1.165, 1.54) is 11.3 Å². The second-order valence-corrected chi connectivity index (χ2v) is 6.50.